The highest BCUT2D eigenvalue weighted by Crippen LogP contribution is 2.43. The number of hydrogen-bond acceptors (Lipinski definition) is 3. The lowest BCUT2D eigenvalue weighted by molar-refractivity contribution is -0.132. The zero-order valence-electron chi connectivity index (χ0n) is 16.1. The Balaban J connectivity index is 0.00000140. The summed E-state index contributed by atoms with van der Waals surface area (Å²) in [5.41, 5.74) is 4.04. The molecule has 3 atom stereocenters. The standard InChI is InChI=1S/C20H25FN4O.2ClH/c1-12-13(2)23-24-18(12)6-7-19(26)25-11-15-9-22-10-17(15)20(25)14-4-3-5-16(21)8-14;;/h3-5,8,15,17,20,22H,6-7,9-11H2,1-2H3,(H,23,24);2*1H/t15-,17-,20+;;/m0../s1. The van der Waals surface area contributed by atoms with Crippen LogP contribution in [0.25, 0.3) is 0 Å². The molecule has 2 aromatic rings. The second kappa shape index (κ2) is 9.25. The fourth-order valence-corrected chi connectivity index (χ4v) is 4.44. The predicted molar refractivity (Wildman–Crippen MR) is 112 cm³/mol. The van der Waals surface area contributed by atoms with Crippen molar-refractivity contribution in [3.05, 3.63) is 52.6 Å². The number of aromatic amines is 1. The average molecular weight is 429 g/mol. The number of fused-ring (bicyclic) bond motifs is 1. The van der Waals surface area contributed by atoms with E-state index in [1.165, 1.54) is 6.07 Å². The summed E-state index contributed by atoms with van der Waals surface area (Å²) in [6.45, 7) is 6.57. The van der Waals surface area contributed by atoms with E-state index < -0.39 is 0 Å². The van der Waals surface area contributed by atoms with Gasteiger partial charge in [-0.3, -0.25) is 9.89 Å². The molecule has 1 aromatic carbocycles. The van der Waals surface area contributed by atoms with Gasteiger partial charge in [0, 0.05) is 44.1 Å². The summed E-state index contributed by atoms with van der Waals surface area (Å²) in [5.74, 6) is 0.692. The van der Waals surface area contributed by atoms with Gasteiger partial charge in [0.25, 0.3) is 0 Å². The van der Waals surface area contributed by atoms with E-state index in [-0.39, 0.29) is 42.6 Å². The zero-order chi connectivity index (χ0) is 18.3. The maximum absolute atomic E-state index is 13.8. The normalized spacial score (nSPS) is 23.1. The summed E-state index contributed by atoms with van der Waals surface area (Å²) in [5, 5.41) is 10.7. The fraction of sp³-hybridized carbons (Fsp3) is 0.500. The van der Waals surface area contributed by atoms with Crippen LogP contribution < -0.4 is 5.32 Å². The maximum atomic E-state index is 13.8. The molecular formula is C20H27Cl2FN4O. The van der Waals surface area contributed by atoms with Crippen LogP contribution in [0.3, 0.4) is 0 Å². The summed E-state index contributed by atoms with van der Waals surface area (Å²) in [4.78, 5) is 15.0. The molecular weight excluding hydrogens is 402 g/mol. The van der Waals surface area contributed by atoms with Gasteiger partial charge in [-0.15, -0.1) is 24.8 Å². The van der Waals surface area contributed by atoms with Crippen molar-refractivity contribution in [2.24, 2.45) is 11.8 Å². The number of amides is 1. The SMILES string of the molecule is Cc1[nH]nc(CCC(=O)N2C[C@@H]3CNC[C@@H]3[C@H]2c2cccc(F)c2)c1C.Cl.Cl. The minimum atomic E-state index is -0.244. The van der Waals surface area contributed by atoms with Gasteiger partial charge in [-0.05, 0) is 43.0 Å². The van der Waals surface area contributed by atoms with Gasteiger partial charge in [0.15, 0.2) is 0 Å². The van der Waals surface area contributed by atoms with E-state index in [0.29, 0.717) is 24.7 Å². The van der Waals surface area contributed by atoms with Gasteiger partial charge in [0.05, 0.1) is 11.7 Å². The van der Waals surface area contributed by atoms with Crippen LogP contribution in [0.5, 0.6) is 0 Å². The van der Waals surface area contributed by atoms with E-state index in [1.54, 1.807) is 12.1 Å². The predicted octanol–water partition coefficient (Wildman–Crippen LogP) is 3.36. The second-order valence-electron chi connectivity index (χ2n) is 7.55. The summed E-state index contributed by atoms with van der Waals surface area (Å²) >= 11 is 0. The number of carbonyl (C=O) groups is 1. The van der Waals surface area contributed by atoms with E-state index in [0.717, 1.165) is 42.1 Å². The van der Waals surface area contributed by atoms with Crippen molar-refractivity contribution in [2.45, 2.75) is 32.7 Å². The molecule has 1 aromatic heterocycles. The van der Waals surface area contributed by atoms with E-state index in [9.17, 15) is 9.18 Å². The fourth-order valence-electron chi connectivity index (χ4n) is 4.44. The number of rotatable bonds is 4. The first-order valence-corrected chi connectivity index (χ1v) is 9.30. The highest BCUT2D eigenvalue weighted by molar-refractivity contribution is 5.85. The molecule has 0 bridgehead atoms. The van der Waals surface area contributed by atoms with Crippen LogP contribution in [0.1, 0.15) is 35.0 Å². The van der Waals surface area contributed by atoms with Crippen LogP contribution in [0.4, 0.5) is 4.39 Å². The third-order valence-electron chi connectivity index (χ3n) is 6.00. The van der Waals surface area contributed by atoms with Gasteiger partial charge in [-0.1, -0.05) is 12.1 Å². The van der Waals surface area contributed by atoms with Gasteiger partial charge in [-0.25, -0.2) is 4.39 Å². The van der Waals surface area contributed by atoms with Crippen LogP contribution in [0.2, 0.25) is 0 Å². The van der Waals surface area contributed by atoms with E-state index in [4.69, 9.17) is 0 Å². The number of nitrogens with zero attached hydrogens (tertiary/aromatic N) is 2. The molecule has 154 valence electrons. The minimum Gasteiger partial charge on any atom is -0.335 e. The number of nitrogens with one attached hydrogen (secondary N) is 2. The molecule has 0 saturated carbocycles. The molecule has 0 radical (unpaired) electrons. The largest absolute Gasteiger partial charge is 0.335 e. The second-order valence-corrected chi connectivity index (χ2v) is 7.55. The number of benzene rings is 1. The van der Waals surface area contributed by atoms with Crippen molar-refractivity contribution in [2.75, 3.05) is 19.6 Å². The Labute approximate surface area is 177 Å². The molecule has 2 N–H and O–H groups in total. The highest BCUT2D eigenvalue weighted by atomic mass is 35.5. The lowest BCUT2D eigenvalue weighted by atomic mass is 9.89. The first-order chi connectivity index (χ1) is 12.5. The van der Waals surface area contributed by atoms with E-state index in [1.807, 2.05) is 24.8 Å². The highest BCUT2D eigenvalue weighted by Gasteiger charge is 2.46. The Morgan fingerprint density at radius 2 is 2.07 bits per heavy atom. The van der Waals surface area contributed by atoms with Crippen molar-refractivity contribution in [1.82, 2.24) is 20.4 Å². The van der Waals surface area contributed by atoms with Gasteiger partial charge >= 0.3 is 0 Å². The molecule has 0 spiro atoms. The molecule has 2 aliphatic rings. The molecule has 0 unspecified atom stereocenters. The lowest BCUT2D eigenvalue weighted by Crippen LogP contribution is -2.34. The van der Waals surface area contributed by atoms with Gasteiger partial charge in [-0.2, -0.15) is 5.10 Å². The number of H-pyrrole nitrogens is 1. The average Bonchev–Trinajstić information content (AvgIpc) is 3.29. The van der Waals surface area contributed by atoms with Crippen LogP contribution in [-0.2, 0) is 11.2 Å². The monoisotopic (exact) mass is 428 g/mol. The number of likely N-dealkylation sites (tertiary alicyclic amines) is 1. The van der Waals surface area contributed by atoms with Crippen molar-refractivity contribution < 1.29 is 9.18 Å². The maximum Gasteiger partial charge on any atom is 0.223 e. The summed E-state index contributed by atoms with van der Waals surface area (Å²) in [6, 6.07) is 6.67. The molecule has 2 fully saturated rings. The first kappa shape index (κ1) is 22.7. The van der Waals surface area contributed by atoms with Crippen molar-refractivity contribution in [3.8, 4) is 0 Å². The number of carbonyl (C=O) groups excluding carboxylic acids is 1. The third kappa shape index (κ3) is 4.19. The number of hydrogen-bond donors (Lipinski definition) is 2. The van der Waals surface area contributed by atoms with E-state index in [2.05, 4.69) is 15.5 Å². The van der Waals surface area contributed by atoms with Crippen molar-refractivity contribution in [1.29, 1.82) is 0 Å². The smallest absolute Gasteiger partial charge is 0.223 e. The molecule has 2 saturated heterocycles. The first-order valence-electron chi connectivity index (χ1n) is 9.30. The third-order valence-corrected chi connectivity index (χ3v) is 6.00. The Kier molecular flexibility index (Phi) is 7.48. The Bertz CT molecular complexity index is 828. The zero-order valence-corrected chi connectivity index (χ0v) is 17.7. The molecule has 28 heavy (non-hydrogen) atoms. The summed E-state index contributed by atoms with van der Waals surface area (Å²) in [7, 11) is 0. The molecule has 2 aliphatic heterocycles. The summed E-state index contributed by atoms with van der Waals surface area (Å²) < 4.78 is 13.8. The Hall–Kier alpha value is -1.63. The van der Waals surface area contributed by atoms with Crippen LogP contribution in [-0.4, -0.2) is 40.6 Å². The van der Waals surface area contributed by atoms with Crippen LogP contribution >= 0.6 is 24.8 Å². The number of aryl methyl sites for hydroxylation is 2. The topological polar surface area (TPSA) is 61.0 Å². The van der Waals surface area contributed by atoms with Gasteiger partial charge < -0.3 is 10.2 Å². The van der Waals surface area contributed by atoms with Crippen molar-refractivity contribution >= 4 is 30.7 Å². The number of aromatic nitrogens is 2. The van der Waals surface area contributed by atoms with Gasteiger partial charge in [0.2, 0.25) is 5.91 Å². The lowest BCUT2D eigenvalue weighted by Gasteiger charge is -2.28. The minimum absolute atomic E-state index is 0. The molecule has 8 heteroatoms. The molecule has 1 amide bonds. The van der Waals surface area contributed by atoms with Crippen LogP contribution in [0.15, 0.2) is 24.3 Å². The number of halogens is 3. The van der Waals surface area contributed by atoms with Crippen molar-refractivity contribution in [3.63, 3.8) is 0 Å². The Morgan fingerprint density at radius 1 is 1.29 bits per heavy atom. The van der Waals surface area contributed by atoms with E-state index >= 15 is 0 Å². The quantitative estimate of drug-likeness (QED) is 0.784. The Morgan fingerprint density at radius 3 is 2.75 bits per heavy atom. The molecule has 4 rings (SSSR count). The summed E-state index contributed by atoms with van der Waals surface area (Å²) in [6.07, 6.45) is 1.07. The van der Waals surface area contributed by atoms with Gasteiger partial charge in [0.1, 0.15) is 5.82 Å². The molecule has 0 aliphatic carbocycles. The van der Waals surface area contributed by atoms with Crippen LogP contribution in [0, 0.1) is 31.5 Å². The molecule has 5 nitrogen and oxygen atoms in total. The molecule has 3 heterocycles.